The van der Waals surface area contributed by atoms with Crippen LogP contribution in [0.15, 0.2) is 70.5 Å². The standard InChI is InChI=1S/C24H26N2O4S2/c1-17-13-18(2)24(19(3)14-17)31(27,28)25-22-10-9-20-11-12-26(16-21(20)15-22)32(29,30)23-7-5-4-6-8-23/h4-10,13-15,25H,11-12,16H2,1-3H3. The number of nitrogens with zero attached hydrogens (tertiary/aromatic N) is 1. The summed E-state index contributed by atoms with van der Waals surface area (Å²) in [7, 11) is -7.40. The molecule has 4 rings (SSSR count). The molecule has 6 nitrogen and oxygen atoms in total. The molecule has 0 radical (unpaired) electrons. The van der Waals surface area contributed by atoms with Crippen molar-refractivity contribution in [2.75, 3.05) is 11.3 Å². The second-order valence-electron chi connectivity index (χ2n) is 8.22. The van der Waals surface area contributed by atoms with Crippen LogP contribution in [0.1, 0.15) is 27.8 Å². The average molecular weight is 471 g/mol. The third-order valence-electron chi connectivity index (χ3n) is 5.69. The largest absolute Gasteiger partial charge is 0.280 e. The van der Waals surface area contributed by atoms with Crippen LogP contribution < -0.4 is 4.72 Å². The Morgan fingerprint density at radius 1 is 0.812 bits per heavy atom. The van der Waals surface area contributed by atoms with Crippen molar-refractivity contribution in [2.24, 2.45) is 0 Å². The summed E-state index contributed by atoms with van der Waals surface area (Å²) in [6.07, 6.45) is 0.574. The predicted molar refractivity (Wildman–Crippen MR) is 126 cm³/mol. The molecule has 0 aromatic heterocycles. The van der Waals surface area contributed by atoms with E-state index in [4.69, 9.17) is 0 Å². The fourth-order valence-corrected chi connectivity index (χ4v) is 7.28. The molecule has 1 aliphatic heterocycles. The third kappa shape index (κ3) is 4.30. The predicted octanol–water partition coefficient (Wildman–Crippen LogP) is 4.16. The highest BCUT2D eigenvalue weighted by Crippen LogP contribution is 2.29. The minimum atomic E-state index is -3.78. The lowest BCUT2D eigenvalue weighted by atomic mass is 10.0. The van der Waals surface area contributed by atoms with Crippen LogP contribution in [0.4, 0.5) is 5.69 Å². The molecule has 1 N–H and O–H groups in total. The number of benzene rings is 3. The molecule has 3 aromatic rings. The molecule has 0 saturated heterocycles. The van der Waals surface area contributed by atoms with E-state index in [1.807, 2.05) is 25.1 Å². The van der Waals surface area contributed by atoms with Gasteiger partial charge in [0, 0.05) is 18.8 Å². The maximum Gasteiger partial charge on any atom is 0.262 e. The molecular weight excluding hydrogens is 444 g/mol. The Bertz CT molecular complexity index is 1360. The first-order chi connectivity index (χ1) is 15.1. The van der Waals surface area contributed by atoms with Gasteiger partial charge in [-0.15, -0.1) is 0 Å². The Kier molecular flexibility index (Phi) is 5.87. The molecule has 0 saturated carbocycles. The summed E-state index contributed by atoms with van der Waals surface area (Å²) in [4.78, 5) is 0.528. The van der Waals surface area contributed by atoms with Crippen molar-refractivity contribution in [2.45, 2.75) is 43.5 Å². The average Bonchev–Trinajstić information content (AvgIpc) is 2.72. The van der Waals surface area contributed by atoms with Crippen LogP contribution in [0, 0.1) is 20.8 Å². The molecule has 32 heavy (non-hydrogen) atoms. The fourth-order valence-electron chi connectivity index (χ4n) is 4.34. The molecule has 0 amide bonds. The molecule has 3 aromatic carbocycles. The van der Waals surface area contributed by atoms with E-state index in [2.05, 4.69) is 4.72 Å². The first kappa shape index (κ1) is 22.5. The summed E-state index contributed by atoms with van der Waals surface area (Å²) in [5.74, 6) is 0. The number of fused-ring (bicyclic) bond motifs is 1. The molecule has 0 aliphatic carbocycles. The normalized spacial score (nSPS) is 14.7. The molecule has 0 bridgehead atoms. The number of anilines is 1. The van der Waals surface area contributed by atoms with Gasteiger partial charge in [0.2, 0.25) is 10.0 Å². The van der Waals surface area contributed by atoms with E-state index in [9.17, 15) is 16.8 Å². The van der Waals surface area contributed by atoms with Crippen molar-refractivity contribution in [1.29, 1.82) is 0 Å². The van der Waals surface area contributed by atoms with Crippen molar-refractivity contribution in [3.8, 4) is 0 Å². The zero-order chi connectivity index (χ0) is 23.1. The van der Waals surface area contributed by atoms with Crippen LogP contribution in [-0.2, 0) is 33.0 Å². The lowest BCUT2D eigenvalue weighted by molar-refractivity contribution is 0.391. The van der Waals surface area contributed by atoms with Crippen LogP contribution in [-0.4, -0.2) is 27.7 Å². The van der Waals surface area contributed by atoms with Crippen LogP contribution in [0.5, 0.6) is 0 Å². The maximum atomic E-state index is 13.1. The zero-order valence-electron chi connectivity index (χ0n) is 18.3. The minimum Gasteiger partial charge on any atom is -0.280 e. The summed E-state index contributed by atoms with van der Waals surface area (Å²) < 4.78 is 56.4. The van der Waals surface area contributed by atoms with Crippen molar-refractivity contribution in [3.63, 3.8) is 0 Å². The summed E-state index contributed by atoms with van der Waals surface area (Å²) >= 11 is 0. The van der Waals surface area contributed by atoms with E-state index in [1.165, 1.54) is 4.31 Å². The van der Waals surface area contributed by atoms with Gasteiger partial charge in [0.05, 0.1) is 9.79 Å². The highest BCUT2D eigenvalue weighted by Gasteiger charge is 2.28. The minimum absolute atomic E-state index is 0.199. The third-order valence-corrected chi connectivity index (χ3v) is 9.24. The molecule has 0 fully saturated rings. The molecule has 1 heterocycles. The molecule has 8 heteroatoms. The second-order valence-corrected chi connectivity index (χ2v) is 11.8. The second kappa shape index (κ2) is 8.35. The quantitative estimate of drug-likeness (QED) is 0.607. The van der Waals surface area contributed by atoms with Crippen LogP contribution in [0.25, 0.3) is 0 Å². The van der Waals surface area contributed by atoms with Crippen LogP contribution >= 0.6 is 0 Å². The number of sulfonamides is 2. The van der Waals surface area contributed by atoms with Crippen LogP contribution in [0.3, 0.4) is 0 Å². The molecule has 1 aliphatic rings. The van der Waals surface area contributed by atoms with E-state index in [0.29, 0.717) is 29.8 Å². The van der Waals surface area contributed by atoms with Gasteiger partial charge in [-0.3, -0.25) is 4.72 Å². The van der Waals surface area contributed by atoms with Crippen molar-refractivity contribution >= 4 is 25.7 Å². The van der Waals surface area contributed by atoms with Crippen molar-refractivity contribution in [3.05, 3.63) is 88.5 Å². The Balaban J connectivity index is 1.62. The first-order valence-corrected chi connectivity index (χ1v) is 13.3. The number of hydrogen-bond acceptors (Lipinski definition) is 4. The number of nitrogens with one attached hydrogen (secondary N) is 1. The monoisotopic (exact) mass is 470 g/mol. The Morgan fingerprint density at radius 3 is 2.12 bits per heavy atom. The Hall–Kier alpha value is -2.68. The zero-order valence-corrected chi connectivity index (χ0v) is 19.9. The van der Waals surface area contributed by atoms with Crippen LogP contribution in [0.2, 0.25) is 0 Å². The van der Waals surface area contributed by atoms with Gasteiger partial charge in [0.25, 0.3) is 10.0 Å². The molecule has 168 valence electrons. The van der Waals surface area contributed by atoms with Gasteiger partial charge in [0.15, 0.2) is 0 Å². The first-order valence-electron chi connectivity index (χ1n) is 10.4. The number of hydrogen-bond donors (Lipinski definition) is 1. The molecule has 0 atom stereocenters. The van der Waals surface area contributed by atoms with Crippen molar-refractivity contribution < 1.29 is 16.8 Å². The molecular formula is C24H26N2O4S2. The van der Waals surface area contributed by atoms with E-state index in [-0.39, 0.29) is 16.3 Å². The summed E-state index contributed by atoms with van der Waals surface area (Å²) in [6.45, 7) is 6.09. The summed E-state index contributed by atoms with van der Waals surface area (Å²) in [5.41, 5.74) is 4.62. The number of aryl methyl sites for hydroxylation is 3. The Labute approximate surface area is 190 Å². The maximum absolute atomic E-state index is 13.1. The highest BCUT2D eigenvalue weighted by molar-refractivity contribution is 7.92. The fraction of sp³-hybridized carbons (Fsp3) is 0.250. The van der Waals surface area contributed by atoms with E-state index in [1.54, 1.807) is 56.3 Å². The van der Waals surface area contributed by atoms with Gasteiger partial charge in [-0.1, -0.05) is 42.0 Å². The lowest BCUT2D eigenvalue weighted by Crippen LogP contribution is -2.36. The smallest absolute Gasteiger partial charge is 0.262 e. The summed E-state index contributed by atoms with van der Waals surface area (Å²) in [5, 5.41) is 0. The summed E-state index contributed by atoms with van der Waals surface area (Å²) in [6, 6.07) is 17.4. The lowest BCUT2D eigenvalue weighted by Gasteiger charge is -2.28. The highest BCUT2D eigenvalue weighted by atomic mass is 32.2. The van der Waals surface area contributed by atoms with Gasteiger partial charge in [-0.05, 0) is 73.7 Å². The van der Waals surface area contributed by atoms with Gasteiger partial charge in [-0.25, -0.2) is 16.8 Å². The topological polar surface area (TPSA) is 83.6 Å². The molecule has 0 spiro atoms. The molecule has 0 unspecified atom stereocenters. The van der Waals surface area contributed by atoms with Gasteiger partial charge >= 0.3 is 0 Å². The SMILES string of the molecule is Cc1cc(C)c(S(=O)(=O)Nc2ccc3c(c2)CN(S(=O)(=O)c2ccccc2)CC3)c(C)c1. The van der Waals surface area contributed by atoms with Crippen molar-refractivity contribution in [1.82, 2.24) is 4.31 Å². The number of rotatable bonds is 5. The van der Waals surface area contributed by atoms with E-state index in [0.717, 1.165) is 16.7 Å². The van der Waals surface area contributed by atoms with E-state index >= 15 is 0 Å². The van der Waals surface area contributed by atoms with Gasteiger partial charge in [-0.2, -0.15) is 4.31 Å². The van der Waals surface area contributed by atoms with Gasteiger partial charge in [0.1, 0.15) is 0 Å². The van der Waals surface area contributed by atoms with E-state index < -0.39 is 20.0 Å². The Morgan fingerprint density at radius 2 is 1.47 bits per heavy atom. The van der Waals surface area contributed by atoms with Gasteiger partial charge < -0.3 is 0 Å².